The van der Waals surface area contributed by atoms with Crippen LogP contribution in [0.1, 0.15) is 114 Å². The van der Waals surface area contributed by atoms with Crippen LogP contribution in [-0.4, -0.2) is 94.6 Å². The van der Waals surface area contributed by atoms with Crippen molar-refractivity contribution in [1.82, 2.24) is 20.0 Å². The maximum atomic E-state index is 13.8. The number of piperidine rings is 2. The Balaban J connectivity index is 0.703. The molecule has 318 valence electrons. The fraction of sp³-hybridized carbons (Fsp3) is 0.469. The number of likely N-dealkylation sites (tertiary alicyclic amines) is 1. The van der Waals surface area contributed by atoms with E-state index in [-0.39, 0.29) is 53.0 Å². The van der Waals surface area contributed by atoms with Crippen LogP contribution in [0.3, 0.4) is 0 Å². The Morgan fingerprint density at radius 1 is 0.823 bits per heavy atom. The number of hydrogen-bond acceptors (Lipinski definition) is 9. The molecule has 5 heterocycles. The average molecular weight is 853 g/mol. The molecular formula is C49H49ClN6O6. The van der Waals surface area contributed by atoms with Crippen LogP contribution < -0.4 is 15.0 Å². The lowest BCUT2D eigenvalue weighted by Gasteiger charge is -2.65. The van der Waals surface area contributed by atoms with Crippen molar-refractivity contribution < 1.29 is 28.7 Å². The van der Waals surface area contributed by atoms with Gasteiger partial charge in [0.2, 0.25) is 11.8 Å². The van der Waals surface area contributed by atoms with Gasteiger partial charge in [0.05, 0.1) is 21.7 Å². The van der Waals surface area contributed by atoms with Crippen molar-refractivity contribution in [3.05, 3.63) is 93.0 Å². The lowest BCUT2D eigenvalue weighted by Crippen LogP contribution is -2.74. The van der Waals surface area contributed by atoms with Crippen LogP contribution in [0.15, 0.2) is 54.6 Å². The largest absolute Gasteiger partial charge is 0.489 e. The first kappa shape index (κ1) is 40.4. The number of carbonyl (C=O) groups excluding carboxylic acids is 5. The maximum absolute atomic E-state index is 13.8. The number of nitrogens with zero attached hydrogens (tertiary/aromatic N) is 5. The second-order valence-corrected chi connectivity index (χ2v) is 20.2. The SMILES string of the molecule is CC1(C)C(Oc2ccc(C#N)c(Cl)c2)C(C)(C)C1N1Cc2cc(C#CC3CCN(C4CC5(C4)CN(c4ccc6c(c4)C(=O)N(C4CCC(=O)NC4=O)C6=O)C5)CC3)ccc2C1=O. The van der Waals surface area contributed by atoms with Gasteiger partial charge in [0.1, 0.15) is 24.0 Å². The molecule has 3 aromatic carbocycles. The van der Waals surface area contributed by atoms with Gasteiger partial charge in [-0.3, -0.25) is 34.2 Å². The molecule has 7 aliphatic rings. The zero-order valence-corrected chi connectivity index (χ0v) is 36.2. The van der Waals surface area contributed by atoms with Crippen molar-refractivity contribution in [3.8, 4) is 23.7 Å². The number of halogens is 1. The van der Waals surface area contributed by atoms with Crippen LogP contribution in [0.4, 0.5) is 5.69 Å². The molecule has 1 N–H and O–H groups in total. The van der Waals surface area contributed by atoms with Crippen LogP contribution >= 0.6 is 11.6 Å². The van der Waals surface area contributed by atoms with Gasteiger partial charge in [-0.2, -0.15) is 5.26 Å². The summed E-state index contributed by atoms with van der Waals surface area (Å²) in [5.41, 5.74) is 4.23. The van der Waals surface area contributed by atoms with E-state index in [1.54, 1.807) is 30.3 Å². The highest BCUT2D eigenvalue weighted by Crippen LogP contribution is 2.59. The summed E-state index contributed by atoms with van der Waals surface area (Å²) in [5.74, 6) is 6.05. The quantitative estimate of drug-likeness (QED) is 0.227. The van der Waals surface area contributed by atoms with Crippen molar-refractivity contribution in [2.24, 2.45) is 22.2 Å². The Morgan fingerprint density at radius 2 is 1.53 bits per heavy atom. The van der Waals surface area contributed by atoms with Crippen LogP contribution in [0, 0.1) is 45.3 Å². The van der Waals surface area contributed by atoms with Gasteiger partial charge in [-0.1, -0.05) is 51.1 Å². The zero-order valence-electron chi connectivity index (χ0n) is 35.4. The normalized spacial score (nSPS) is 26.2. The van der Waals surface area contributed by atoms with Crippen molar-refractivity contribution in [1.29, 1.82) is 5.26 Å². The molecular weight excluding hydrogens is 804 g/mol. The fourth-order valence-electron chi connectivity index (χ4n) is 12.3. The van der Waals surface area contributed by atoms with Crippen LogP contribution in [-0.2, 0) is 16.1 Å². The molecule has 0 radical (unpaired) electrons. The molecule has 1 unspecified atom stereocenters. The van der Waals surface area contributed by atoms with Crippen molar-refractivity contribution in [3.63, 3.8) is 0 Å². The van der Waals surface area contributed by atoms with E-state index >= 15 is 0 Å². The number of nitrogens with one attached hydrogen (secondary N) is 1. The molecule has 62 heavy (non-hydrogen) atoms. The first-order valence-corrected chi connectivity index (χ1v) is 22.1. The summed E-state index contributed by atoms with van der Waals surface area (Å²) in [6.45, 7) is 13.0. The highest BCUT2D eigenvalue weighted by molar-refractivity contribution is 6.31. The fourth-order valence-corrected chi connectivity index (χ4v) is 12.5. The van der Waals surface area contributed by atoms with Gasteiger partial charge in [0.15, 0.2) is 0 Å². The highest BCUT2D eigenvalue weighted by atomic mass is 35.5. The Morgan fingerprint density at radius 3 is 2.23 bits per heavy atom. The van der Waals surface area contributed by atoms with E-state index < -0.39 is 23.8 Å². The number of imide groups is 2. The number of hydrogen-bond donors (Lipinski definition) is 1. The monoisotopic (exact) mass is 852 g/mol. The summed E-state index contributed by atoms with van der Waals surface area (Å²) in [6, 6.07) is 18.2. The molecule has 12 nitrogen and oxygen atoms in total. The third kappa shape index (κ3) is 6.40. The molecule has 5 aliphatic heterocycles. The highest BCUT2D eigenvalue weighted by Gasteiger charge is 2.67. The molecule has 0 aromatic heterocycles. The first-order valence-electron chi connectivity index (χ1n) is 21.7. The van der Waals surface area contributed by atoms with E-state index in [1.165, 1.54) is 0 Å². The molecule has 2 aliphatic carbocycles. The van der Waals surface area contributed by atoms with E-state index in [2.05, 4.69) is 66.8 Å². The summed E-state index contributed by atoms with van der Waals surface area (Å²) in [6.07, 6.45) is 4.41. The number of rotatable bonds is 6. The van der Waals surface area contributed by atoms with Crippen molar-refractivity contribution >= 4 is 46.8 Å². The van der Waals surface area contributed by atoms with Gasteiger partial charge in [0.25, 0.3) is 17.7 Å². The summed E-state index contributed by atoms with van der Waals surface area (Å²) in [5, 5.41) is 11.9. The number of amides is 5. The second-order valence-electron chi connectivity index (χ2n) is 19.8. The maximum Gasteiger partial charge on any atom is 0.262 e. The van der Waals surface area contributed by atoms with Crippen molar-refractivity contribution in [2.75, 3.05) is 31.1 Å². The molecule has 3 aromatic rings. The molecule has 13 heteroatoms. The van der Waals surface area contributed by atoms with E-state index in [9.17, 15) is 29.2 Å². The first-order chi connectivity index (χ1) is 29.6. The summed E-state index contributed by atoms with van der Waals surface area (Å²) < 4.78 is 6.49. The number of anilines is 1. The topological polar surface area (TPSA) is 143 Å². The van der Waals surface area contributed by atoms with Crippen LogP contribution in [0.2, 0.25) is 5.02 Å². The van der Waals surface area contributed by atoms with E-state index in [4.69, 9.17) is 16.3 Å². The Bertz CT molecular complexity index is 2570. The lowest BCUT2D eigenvalue weighted by molar-refractivity contribution is -0.199. The molecule has 0 bridgehead atoms. The van der Waals surface area contributed by atoms with Gasteiger partial charge < -0.3 is 19.4 Å². The van der Waals surface area contributed by atoms with Crippen molar-refractivity contribution in [2.45, 2.75) is 97.0 Å². The molecule has 10 rings (SSSR count). The van der Waals surface area contributed by atoms with E-state index in [0.717, 1.165) is 79.1 Å². The van der Waals surface area contributed by atoms with Crippen LogP contribution in [0.25, 0.3) is 0 Å². The average Bonchev–Trinajstić information content (AvgIpc) is 3.65. The smallest absolute Gasteiger partial charge is 0.262 e. The van der Waals surface area contributed by atoms with E-state index in [1.807, 2.05) is 23.1 Å². The Hall–Kier alpha value is -5.69. The molecule has 2 saturated carbocycles. The molecule has 1 spiro atoms. The third-order valence-corrected chi connectivity index (χ3v) is 15.3. The summed E-state index contributed by atoms with van der Waals surface area (Å²) >= 11 is 6.30. The number of fused-ring (bicyclic) bond motifs is 2. The predicted molar refractivity (Wildman–Crippen MR) is 230 cm³/mol. The number of ether oxygens (including phenoxy) is 1. The minimum atomic E-state index is -0.968. The van der Waals surface area contributed by atoms with Gasteiger partial charge in [-0.05, 0) is 99.3 Å². The zero-order chi connectivity index (χ0) is 43.5. The Kier molecular flexibility index (Phi) is 9.40. The minimum absolute atomic E-state index is 0.0442. The Labute approximate surface area is 366 Å². The van der Waals surface area contributed by atoms with Crippen LogP contribution in [0.5, 0.6) is 5.75 Å². The standard InChI is InChI=1S/C49H49ClN6O6/c1-47(2)45(48(3,4)46(47)62-34-10-8-30(24-51)38(50)21-34)55-25-31-19-29(7-11-35(31)42(55)59)6-5-28-15-17-53(18-16-28)33-22-49(23-33)26-54(27-49)32-9-12-36-37(20-32)44(61)56(43(36)60)39-13-14-40(57)52-41(39)58/h7-12,19-21,28,33,39,45-46H,13-18,22-23,25-27H2,1-4H3,(H,52,57,58). The molecule has 3 saturated heterocycles. The number of carbonyl (C=O) groups is 5. The predicted octanol–water partition coefficient (Wildman–Crippen LogP) is 6.18. The van der Waals surface area contributed by atoms with Gasteiger partial charge in [-0.15, -0.1) is 0 Å². The molecule has 5 fully saturated rings. The summed E-state index contributed by atoms with van der Waals surface area (Å²) in [4.78, 5) is 72.3. The molecule has 1 atom stereocenters. The van der Waals surface area contributed by atoms with Gasteiger partial charge >= 0.3 is 0 Å². The summed E-state index contributed by atoms with van der Waals surface area (Å²) in [7, 11) is 0. The lowest BCUT2D eigenvalue weighted by atomic mass is 9.49. The van der Waals surface area contributed by atoms with Gasteiger partial charge in [0, 0.05) is 83.2 Å². The second kappa shape index (κ2) is 14.4. The minimum Gasteiger partial charge on any atom is -0.489 e. The van der Waals surface area contributed by atoms with Gasteiger partial charge in [-0.25, -0.2) is 0 Å². The number of nitriles is 1. The number of benzene rings is 3. The molecule has 5 amide bonds. The van der Waals surface area contributed by atoms with E-state index in [0.29, 0.717) is 46.0 Å². The third-order valence-electron chi connectivity index (χ3n) is 15.0.